The van der Waals surface area contributed by atoms with Crippen molar-refractivity contribution in [2.24, 2.45) is 0 Å². The third-order valence-electron chi connectivity index (χ3n) is 4.81. The van der Waals surface area contributed by atoms with Gasteiger partial charge < -0.3 is 15.0 Å². The zero-order chi connectivity index (χ0) is 21.1. The molecule has 1 amide bonds. The van der Waals surface area contributed by atoms with Crippen molar-refractivity contribution in [2.75, 3.05) is 24.5 Å². The van der Waals surface area contributed by atoms with E-state index in [9.17, 15) is 13.6 Å². The number of aryl methyl sites for hydroxylation is 1. The van der Waals surface area contributed by atoms with Crippen LogP contribution in [0.25, 0.3) is 5.69 Å². The molecule has 2 aromatic heterocycles. The van der Waals surface area contributed by atoms with Gasteiger partial charge in [-0.05, 0) is 30.7 Å². The molecule has 156 valence electrons. The van der Waals surface area contributed by atoms with Gasteiger partial charge in [0.1, 0.15) is 6.61 Å². The van der Waals surface area contributed by atoms with Gasteiger partial charge in [-0.1, -0.05) is 12.1 Å². The van der Waals surface area contributed by atoms with E-state index in [2.05, 4.69) is 20.6 Å². The van der Waals surface area contributed by atoms with Crippen molar-refractivity contribution in [2.45, 2.75) is 20.0 Å². The summed E-state index contributed by atoms with van der Waals surface area (Å²) in [5.41, 5.74) is 2.30. The lowest BCUT2D eigenvalue weighted by atomic mass is 10.2. The Labute approximate surface area is 171 Å². The van der Waals surface area contributed by atoms with Crippen molar-refractivity contribution in [3.05, 3.63) is 59.4 Å². The van der Waals surface area contributed by atoms with Crippen LogP contribution in [0.5, 0.6) is 5.88 Å². The summed E-state index contributed by atoms with van der Waals surface area (Å²) in [6.07, 6.45) is -0.822. The summed E-state index contributed by atoms with van der Waals surface area (Å²) in [6, 6.07) is 9.41. The van der Waals surface area contributed by atoms with Crippen LogP contribution < -0.4 is 15.0 Å². The second-order valence-corrected chi connectivity index (χ2v) is 6.87. The van der Waals surface area contributed by atoms with E-state index in [1.165, 1.54) is 12.1 Å². The van der Waals surface area contributed by atoms with Crippen LogP contribution in [0, 0.1) is 6.92 Å². The zero-order valence-electron chi connectivity index (χ0n) is 16.3. The zero-order valence-corrected chi connectivity index (χ0v) is 16.3. The van der Waals surface area contributed by atoms with Crippen molar-refractivity contribution in [3.8, 4) is 11.6 Å². The minimum Gasteiger partial charge on any atom is -0.470 e. The van der Waals surface area contributed by atoms with Gasteiger partial charge in [-0.2, -0.15) is 5.10 Å². The smallest absolute Gasteiger partial charge is 0.263 e. The number of hydrogen-bond donors (Lipinski definition) is 1. The summed E-state index contributed by atoms with van der Waals surface area (Å²) in [5, 5.41) is 15.3. The summed E-state index contributed by atoms with van der Waals surface area (Å²) < 4.78 is 33.0. The second kappa shape index (κ2) is 8.44. The number of carbonyl (C=O) groups is 1. The number of ether oxygens (including phenoxy) is 1. The molecular formula is C20H20F2N6O2. The Hall–Kier alpha value is -3.56. The molecule has 3 heterocycles. The van der Waals surface area contributed by atoms with E-state index in [4.69, 9.17) is 4.74 Å². The first-order valence-corrected chi connectivity index (χ1v) is 9.41. The second-order valence-electron chi connectivity index (χ2n) is 6.87. The number of rotatable bonds is 6. The number of nitrogens with one attached hydrogen (secondary N) is 1. The van der Waals surface area contributed by atoms with E-state index >= 15 is 0 Å². The summed E-state index contributed by atoms with van der Waals surface area (Å²) >= 11 is 0. The quantitative estimate of drug-likeness (QED) is 0.667. The van der Waals surface area contributed by atoms with Crippen LogP contribution in [0.15, 0.2) is 42.6 Å². The van der Waals surface area contributed by atoms with Crippen molar-refractivity contribution < 1.29 is 18.3 Å². The number of piperazine rings is 1. The SMILES string of the molecule is Cc1cnn(-c2ccc(C(F)F)cc2)c1COc1ccc(N2CCNC(=O)C2)nn1. The monoisotopic (exact) mass is 414 g/mol. The van der Waals surface area contributed by atoms with Gasteiger partial charge in [0.2, 0.25) is 11.8 Å². The Balaban J connectivity index is 1.45. The molecule has 8 nitrogen and oxygen atoms in total. The fourth-order valence-corrected chi connectivity index (χ4v) is 3.15. The third kappa shape index (κ3) is 4.22. The normalized spacial score (nSPS) is 14.1. The van der Waals surface area contributed by atoms with Gasteiger partial charge in [0, 0.05) is 24.7 Å². The number of amides is 1. The topological polar surface area (TPSA) is 85.2 Å². The highest BCUT2D eigenvalue weighted by molar-refractivity contribution is 5.82. The number of halogens is 2. The first kappa shape index (κ1) is 19.7. The lowest BCUT2D eigenvalue weighted by Crippen LogP contribution is -2.48. The van der Waals surface area contributed by atoms with Crippen LogP contribution in [-0.4, -0.2) is 45.5 Å². The Morgan fingerprint density at radius 3 is 2.63 bits per heavy atom. The Morgan fingerprint density at radius 1 is 1.17 bits per heavy atom. The summed E-state index contributed by atoms with van der Waals surface area (Å²) in [7, 11) is 0. The number of anilines is 1. The van der Waals surface area contributed by atoms with E-state index < -0.39 is 6.43 Å². The molecule has 1 aliphatic heterocycles. The van der Waals surface area contributed by atoms with Gasteiger partial charge in [-0.25, -0.2) is 13.5 Å². The average molecular weight is 414 g/mol. The standard InChI is InChI=1S/C20H20F2N6O2/c1-13-10-24-28(15-4-2-14(3-5-15)20(21)22)16(13)12-30-19-7-6-17(25-26-19)27-9-8-23-18(29)11-27/h2-7,10,20H,8-9,11-12H2,1H3,(H,23,29). The van der Waals surface area contributed by atoms with Crippen molar-refractivity contribution >= 4 is 11.7 Å². The number of hydrogen-bond acceptors (Lipinski definition) is 6. The van der Waals surface area contributed by atoms with Crippen LogP contribution in [0.4, 0.5) is 14.6 Å². The highest BCUT2D eigenvalue weighted by atomic mass is 19.3. The molecule has 3 aromatic rings. The van der Waals surface area contributed by atoms with Crippen molar-refractivity contribution in [3.63, 3.8) is 0 Å². The number of benzene rings is 1. The molecule has 4 rings (SSSR count). The third-order valence-corrected chi connectivity index (χ3v) is 4.81. The number of carbonyl (C=O) groups excluding carboxylic acids is 1. The molecule has 0 aliphatic carbocycles. The Morgan fingerprint density at radius 2 is 1.97 bits per heavy atom. The average Bonchev–Trinajstić information content (AvgIpc) is 3.13. The lowest BCUT2D eigenvalue weighted by Gasteiger charge is -2.27. The number of nitrogens with zero attached hydrogens (tertiary/aromatic N) is 5. The summed E-state index contributed by atoms with van der Waals surface area (Å²) in [5.74, 6) is 0.895. The maximum absolute atomic E-state index is 12.8. The van der Waals surface area contributed by atoms with Crippen LogP contribution in [0.3, 0.4) is 0 Å². The molecule has 1 aromatic carbocycles. The maximum atomic E-state index is 12.8. The molecule has 0 radical (unpaired) electrons. The van der Waals surface area contributed by atoms with E-state index in [0.29, 0.717) is 30.5 Å². The molecule has 1 N–H and O–H groups in total. The first-order chi connectivity index (χ1) is 14.5. The molecule has 0 saturated carbocycles. The van der Waals surface area contributed by atoms with Crippen LogP contribution in [0.1, 0.15) is 23.2 Å². The molecule has 1 fully saturated rings. The van der Waals surface area contributed by atoms with Gasteiger partial charge in [-0.15, -0.1) is 10.2 Å². The van der Waals surface area contributed by atoms with Crippen LogP contribution in [0.2, 0.25) is 0 Å². The molecule has 0 spiro atoms. The fourth-order valence-electron chi connectivity index (χ4n) is 3.15. The predicted octanol–water partition coefficient (Wildman–Crippen LogP) is 2.42. The molecule has 0 atom stereocenters. The van der Waals surface area contributed by atoms with Crippen LogP contribution in [-0.2, 0) is 11.4 Å². The van der Waals surface area contributed by atoms with E-state index in [-0.39, 0.29) is 24.6 Å². The maximum Gasteiger partial charge on any atom is 0.263 e. The highest BCUT2D eigenvalue weighted by Crippen LogP contribution is 2.22. The van der Waals surface area contributed by atoms with E-state index in [1.54, 1.807) is 35.1 Å². The van der Waals surface area contributed by atoms with Gasteiger partial charge >= 0.3 is 0 Å². The molecule has 0 unspecified atom stereocenters. The molecule has 0 bridgehead atoms. The Kier molecular flexibility index (Phi) is 5.55. The molecule has 30 heavy (non-hydrogen) atoms. The van der Waals surface area contributed by atoms with Gasteiger partial charge in [0.15, 0.2) is 5.82 Å². The number of alkyl halides is 2. The van der Waals surface area contributed by atoms with Gasteiger partial charge in [0.05, 0.1) is 24.1 Å². The largest absolute Gasteiger partial charge is 0.470 e. The lowest BCUT2D eigenvalue weighted by molar-refractivity contribution is -0.120. The number of aromatic nitrogens is 4. The van der Waals surface area contributed by atoms with E-state index in [0.717, 1.165) is 11.3 Å². The van der Waals surface area contributed by atoms with Crippen LogP contribution >= 0.6 is 0 Å². The molecule has 1 saturated heterocycles. The van der Waals surface area contributed by atoms with Gasteiger partial charge in [-0.3, -0.25) is 4.79 Å². The summed E-state index contributed by atoms with van der Waals surface area (Å²) in [6.45, 7) is 3.57. The van der Waals surface area contributed by atoms with E-state index in [1.807, 2.05) is 11.8 Å². The minimum absolute atomic E-state index is 0.0398. The van der Waals surface area contributed by atoms with Crippen molar-refractivity contribution in [1.29, 1.82) is 0 Å². The minimum atomic E-state index is -2.51. The van der Waals surface area contributed by atoms with Gasteiger partial charge in [0.25, 0.3) is 6.43 Å². The fraction of sp³-hybridized carbons (Fsp3) is 0.300. The molecular weight excluding hydrogens is 394 g/mol. The molecule has 1 aliphatic rings. The Bertz CT molecular complexity index is 1020. The highest BCUT2D eigenvalue weighted by Gasteiger charge is 2.18. The molecule has 10 heteroatoms. The predicted molar refractivity (Wildman–Crippen MR) is 105 cm³/mol. The first-order valence-electron chi connectivity index (χ1n) is 9.41. The summed E-state index contributed by atoms with van der Waals surface area (Å²) in [4.78, 5) is 13.4. The van der Waals surface area contributed by atoms with Crippen molar-refractivity contribution in [1.82, 2.24) is 25.3 Å².